The largest absolute Gasteiger partial charge is 0.386 e. The summed E-state index contributed by atoms with van der Waals surface area (Å²) in [6.45, 7) is 0. The summed E-state index contributed by atoms with van der Waals surface area (Å²) in [5, 5.41) is 13.7. The molecule has 106 valence electrons. The van der Waals surface area contributed by atoms with Gasteiger partial charge in [0.25, 0.3) is 0 Å². The van der Waals surface area contributed by atoms with Crippen molar-refractivity contribution in [1.29, 1.82) is 0 Å². The minimum Gasteiger partial charge on any atom is -0.386 e. The first kappa shape index (κ1) is 14.3. The molecule has 1 unspecified atom stereocenters. The molecule has 2 aromatic carbocycles. The van der Waals surface area contributed by atoms with Crippen LogP contribution in [0.3, 0.4) is 0 Å². The SMILES string of the molecule is OC(Cc1cc(Cl)ccc1Cl)c1nccc2ccccc12. The molecule has 0 radical (unpaired) electrons. The Morgan fingerprint density at radius 3 is 2.71 bits per heavy atom. The van der Waals surface area contributed by atoms with E-state index in [1.807, 2.05) is 30.3 Å². The Hall–Kier alpha value is -1.61. The Morgan fingerprint density at radius 2 is 1.86 bits per heavy atom. The van der Waals surface area contributed by atoms with Crippen molar-refractivity contribution < 1.29 is 5.11 Å². The smallest absolute Gasteiger partial charge is 0.101 e. The summed E-state index contributed by atoms with van der Waals surface area (Å²) in [6.07, 6.45) is 1.35. The number of hydrogen-bond donors (Lipinski definition) is 1. The third kappa shape index (κ3) is 3.03. The number of nitrogens with zero attached hydrogens (tertiary/aromatic N) is 1. The lowest BCUT2D eigenvalue weighted by molar-refractivity contribution is 0.175. The average Bonchev–Trinajstić information content (AvgIpc) is 2.50. The summed E-state index contributed by atoms with van der Waals surface area (Å²) < 4.78 is 0. The highest BCUT2D eigenvalue weighted by atomic mass is 35.5. The van der Waals surface area contributed by atoms with Crippen molar-refractivity contribution in [2.24, 2.45) is 0 Å². The van der Waals surface area contributed by atoms with Crippen molar-refractivity contribution in [3.05, 3.63) is 76.0 Å². The van der Waals surface area contributed by atoms with E-state index in [0.717, 1.165) is 16.3 Å². The van der Waals surface area contributed by atoms with Crippen LogP contribution < -0.4 is 0 Å². The van der Waals surface area contributed by atoms with Gasteiger partial charge in [0.2, 0.25) is 0 Å². The second-order valence-electron chi connectivity index (χ2n) is 4.87. The fourth-order valence-electron chi connectivity index (χ4n) is 2.41. The van der Waals surface area contributed by atoms with Crippen LogP contribution in [0.5, 0.6) is 0 Å². The van der Waals surface area contributed by atoms with Gasteiger partial charge in [-0.3, -0.25) is 4.98 Å². The van der Waals surface area contributed by atoms with Crippen molar-refractivity contribution in [2.75, 3.05) is 0 Å². The maximum atomic E-state index is 10.5. The van der Waals surface area contributed by atoms with Gasteiger partial charge in [0, 0.05) is 28.0 Å². The molecule has 0 saturated carbocycles. The zero-order valence-corrected chi connectivity index (χ0v) is 12.6. The number of aliphatic hydroxyl groups excluding tert-OH is 1. The van der Waals surface area contributed by atoms with E-state index in [9.17, 15) is 5.11 Å². The van der Waals surface area contributed by atoms with Crippen LogP contribution in [0.15, 0.2) is 54.7 Å². The highest BCUT2D eigenvalue weighted by molar-refractivity contribution is 6.33. The number of rotatable bonds is 3. The third-order valence-electron chi connectivity index (χ3n) is 3.44. The molecule has 4 heteroatoms. The van der Waals surface area contributed by atoms with Gasteiger partial charge in [-0.2, -0.15) is 0 Å². The molecule has 1 heterocycles. The Labute approximate surface area is 133 Å². The summed E-state index contributed by atoms with van der Waals surface area (Å²) >= 11 is 12.1. The summed E-state index contributed by atoms with van der Waals surface area (Å²) in [5.41, 5.74) is 1.47. The second kappa shape index (κ2) is 6.02. The molecule has 0 aliphatic rings. The third-order valence-corrected chi connectivity index (χ3v) is 4.04. The van der Waals surface area contributed by atoms with Gasteiger partial charge in [-0.25, -0.2) is 0 Å². The molecule has 0 aliphatic carbocycles. The molecule has 0 bridgehead atoms. The molecule has 3 aromatic rings. The quantitative estimate of drug-likeness (QED) is 0.751. The van der Waals surface area contributed by atoms with E-state index in [0.29, 0.717) is 22.2 Å². The first-order valence-electron chi connectivity index (χ1n) is 6.61. The van der Waals surface area contributed by atoms with E-state index in [4.69, 9.17) is 23.2 Å². The van der Waals surface area contributed by atoms with Crippen molar-refractivity contribution >= 4 is 34.0 Å². The minimum absolute atomic E-state index is 0.375. The Kier molecular flexibility index (Phi) is 4.11. The average molecular weight is 318 g/mol. The highest BCUT2D eigenvalue weighted by Crippen LogP contribution is 2.28. The van der Waals surface area contributed by atoms with Gasteiger partial charge in [0.05, 0.1) is 5.69 Å². The lowest BCUT2D eigenvalue weighted by atomic mass is 10.0. The Balaban J connectivity index is 1.97. The van der Waals surface area contributed by atoms with Crippen LogP contribution in [-0.2, 0) is 6.42 Å². The van der Waals surface area contributed by atoms with E-state index in [1.165, 1.54) is 0 Å². The van der Waals surface area contributed by atoms with Crippen LogP contribution in [0, 0.1) is 0 Å². The standard InChI is InChI=1S/C17H13Cl2NO/c18-13-5-6-15(19)12(9-13)10-16(21)17-14-4-2-1-3-11(14)7-8-20-17/h1-9,16,21H,10H2. The van der Waals surface area contributed by atoms with Crippen LogP contribution in [0.1, 0.15) is 17.4 Å². The Morgan fingerprint density at radius 1 is 1.05 bits per heavy atom. The maximum absolute atomic E-state index is 10.5. The van der Waals surface area contributed by atoms with Crippen LogP contribution in [0.25, 0.3) is 10.8 Å². The lowest BCUT2D eigenvalue weighted by Gasteiger charge is -2.14. The summed E-state index contributed by atoms with van der Waals surface area (Å²) in [4.78, 5) is 4.33. The molecule has 21 heavy (non-hydrogen) atoms. The van der Waals surface area contributed by atoms with Crippen LogP contribution >= 0.6 is 23.2 Å². The molecular formula is C17H13Cl2NO. The predicted octanol–water partition coefficient (Wildman–Crippen LogP) is 4.82. The molecule has 0 amide bonds. The van der Waals surface area contributed by atoms with Gasteiger partial charge in [0.1, 0.15) is 6.10 Å². The van der Waals surface area contributed by atoms with E-state index in [1.54, 1.807) is 24.4 Å². The topological polar surface area (TPSA) is 33.1 Å². The van der Waals surface area contributed by atoms with E-state index < -0.39 is 6.10 Å². The monoisotopic (exact) mass is 317 g/mol. The van der Waals surface area contributed by atoms with E-state index in [-0.39, 0.29) is 0 Å². The van der Waals surface area contributed by atoms with Gasteiger partial charge in [0.15, 0.2) is 0 Å². The number of aliphatic hydroxyl groups is 1. The minimum atomic E-state index is -0.730. The molecule has 1 N–H and O–H groups in total. The van der Waals surface area contributed by atoms with Gasteiger partial charge in [-0.15, -0.1) is 0 Å². The van der Waals surface area contributed by atoms with Crippen LogP contribution in [-0.4, -0.2) is 10.1 Å². The van der Waals surface area contributed by atoms with E-state index in [2.05, 4.69) is 4.98 Å². The summed E-state index contributed by atoms with van der Waals surface area (Å²) in [7, 11) is 0. The zero-order chi connectivity index (χ0) is 14.8. The number of fused-ring (bicyclic) bond motifs is 1. The molecule has 0 aliphatic heterocycles. The number of aromatic nitrogens is 1. The number of pyridine rings is 1. The first-order valence-corrected chi connectivity index (χ1v) is 7.36. The molecule has 0 fully saturated rings. The van der Waals surface area contributed by atoms with Crippen LogP contribution in [0.2, 0.25) is 10.0 Å². The Bertz CT molecular complexity index is 783. The summed E-state index contributed by atoms with van der Waals surface area (Å²) in [5.74, 6) is 0. The van der Waals surface area contributed by atoms with E-state index >= 15 is 0 Å². The molecule has 2 nitrogen and oxygen atoms in total. The van der Waals surface area contributed by atoms with Gasteiger partial charge < -0.3 is 5.11 Å². The molecule has 1 atom stereocenters. The highest BCUT2D eigenvalue weighted by Gasteiger charge is 2.15. The van der Waals surface area contributed by atoms with Gasteiger partial charge in [-0.05, 0) is 35.2 Å². The lowest BCUT2D eigenvalue weighted by Crippen LogP contribution is -2.05. The summed E-state index contributed by atoms with van der Waals surface area (Å²) in [6, 6.07) is 15.0. The van der Waals surface area contributed by atoms with Gasteiger partial charge in [-0.1, -0.05) is 47.5 Å². The normalized spacial score (nSPS) is 12.5. The molecular weight excluding hydrogens is 305 g/mol. The van der Waals surface area contributed by atoms with Crippen molar-refractivity contribution in [2.45, 2.75) is 12.5 Å². The molecule has 3 rings (SSSR count). The number of benzene rings is 2. The number of hydrogen-bond acceptors (Lipinski definition) is 2. The fraction of sp³-hybridized carbons (Fsp3) is 0.118. The van der Waals surface area contributed by atoms with Gasteiger partial charge >= 0.3 is 0 Å². The zero-order valence-electron chi connectivity index (χ0n) is 11.1. The fourth-order valence-corrected chi connectivity index (χ4v) is 2.80. The van der Waals surface area contributed by atoms with Crippen molar-refractivity contribution in [3.63, 3.8) is 0 Å². The maximum Gasteiger partial charge on any atom is 0.101 e. The van der Waals surface area contributed by atoms with Crippen molar-refractivity contribution in [1.82, 2.24) is 4.98 Å². The van der Waals surface area contributed by atoms with Crippen molar-refractivity contribution in [3.8, 4) is 0 Å². The van der Waals surface area contributed by atoms with Crippen LogP contribution in [0.4, 0.5) is 0 Å². The second-order valence-corrected chi connectivity index (χ2v) is 5.72. The molecule has 1 aromatic heterocycles. The molecule has 0 spiro atoms. The molecule has 0 saturated heterocycles. The predicted molar refractivity (Wildman–Crippen MR) is 86.9 cm³/mol. The first-order chi connectivity index (χ1) is 10.1. The number of halogens is 2.